The van der Waals surface area contributed by atoms with Crippen molar-refractivity contribution in [3.63, 3.8) is 0 Å². The number of hydrogen-bond donors (Lipinski definition) is 3. The smallest absolute Gasteiger partial charge is 0.407 e. The molecule has 5 amide bonds. The summed E-state index contributed by atoms with van der Waals surface area (Å²) in [4.78, 5) is 94.0. The van der Waals surface area contributed by atoms with Gasteiger partial charge >= 0.3 is 30.0 Å². The van der Waals surface area contributed by atoms with Crippen LogP contribution in [-0.2, 0) is 56.1 Å². The third-order valence-corrected chi connectivity index (χ3v) is 7.80. The van der Waals surface area contributed by atoms with Crippen LogP contribution in [0.4, 0.5) is 26.7 Å². The molecule has 0 spiro atoms. The van der Waals surface area contributed by atoms with Crippen LogP contribution >= 0.6 is 0 Å². The number of benzene rings is 3. The van der Waals surface area contributed by atoms with Crippen LogP contribution in [0.25, 0.3) is 0 Å². The van der Waals surface area contributed by atoms with E-state index in [1.54, 1.807) is 65.8 Å². The summed E-state index contributed by atoms with van der Waals surface area (Å²) in [5, 5.41) is 7.54. The fraction of sp³-hybridized carbons (Fsp3) is 0.390. The summed E-state index contributed by atoms with van der Waals surface area (Å²) in [6, 6.07) is 18.9. The molecule has 0 radical (unpaired) electrons. The predicted molar refractivity (Wildman–Crippen MR) is 209 cm³/mol. The zero-order chi connectivity index (χ0) is 41.8. The first-order chi connectivity index (χ1) is 26.9. The van der Waals surface area contributed by atoms with E-state index >= 15 is 0 Å². The van der Waals surface area contributed by atoms with E-state index in [0.717, 1.165) is 15.4 Å². The summed E-state index contributed by atoms with van der Waals surface area (Å²) < 4.78 is 21.4. The number of esters is 3. The largest absolute Gasteiger partial charge is 0.461 e. The van der Waals surface area contributed by atoms with Crippen LogP contribution < -0.4 is 25.8 Å². The molecule has 4 rings (SSSR count). The van der Waals surface area contributed by atoms with Crippen molar-refractivity contribution >= 4 is 58.9 Å². The van der Waals surface area contributed by atoms with Gasteiger partial charge in [0.2, 0.25) is 0 Å². The van der Waals surface area contributed by atoms with Gasteiger partial charge < -0.3 is 34.9 Å². The SMILES string of the molecule is CC(C)(C)OC(=O)CN1C(=O)C(NC(=O)Nc2cccc(COC(=O)NCCCC(=O)OCc3ccccc3)c2)C(=O)N(CC(=O)OC(C)(C)C)c2ccccc21. The summed E-state index contributed by atoms with van der Waals surface area (Å²) in [5.41, 5.74) is 0.0977. The minimum absolute atomic E-state index is 0.109. The van der Waals surface area contributed by atoms with E-state index in [9.17, 15) is 33.6 Å². The first-order valence-electron chi connectivity index (χ1n) is 18.3. The Kier molecular flexibility index (Phi) is 14.7. The molecular formula is C41H49N5O11. The Morgan fingerprint density at radius 3 is 1.74 bits per heavy atom. The third-order valence-electron chi connectivity index (χ3n) is 7.80. The third kappa shape index (κ3) is 14.0. The molecule has 0 atom stereocenters. The lowest BCUT2D eigenvalue weighted by molar-refractivity contribution is -0.154. The Balaban J connectivity index is 1.39. The lowest BCUT2D eigenvalue weighted by Crippen LogP contribution is -2.57. The van der Waals surface area contributed by atoms with Crippen LogP contribution in [0.5, 0.6) is 0 Å². The van der Waals surface area contributed by atoms with Crippen molar-refractivity contribution in [1.29, 1.82) is 0 Å². The number of carbonyl (C=O) groups excluding carboxylic acids is 7. The van der Waals surface area contributed by atoms with Crippen molar-refractivity contribution in [1.82, 2.24) is 10.6 Å². The van der Waals surface area contributed by atoms with Crippen LogP contribution in [-0.4, -0.2) is 78.7 Å². The molecular weight excluding hydrogens is 738 g/mol. The van der Waals surface area contributed by atoms with E-state index in [2.05, 4.69) is 16.0 Å². The highest BCUT2D eigenvalue weighted by Crippen LogP contribution is 2.34. The molecule has 0 saturated carbocycles. The maximum Gasteiger partial charge on any atom is 0.407 e. The molecule has 0 bridgehead atoms. The van der Waals surface area contributed by atoms with E-state index in [0.29, 0.717) is 12.0 Å². The molecule has 0 unspecified atom stereocenters. The second kappa shape index (κ2) is 19.4. The number of nitrogens with zero attached hydrogens (tertiary/aromatic N) is 2. The zero-order valence-corrected chi connectivity index (χ0v) is 32.9. The Morgan fingerprint density at radius 1 is 0.649 bits per heavy atom. The standard InChI is InChI=1S/C41H49N5O11/c1-40(2,3)56-33(48)23-45-30-18-10-11-19-31(30)46(24-34(49)57-41(4,5)6)37(51)35(36(45)50)44-38(52)43-29-17-12-16-28(22-29)26-55-39(53)42-21-13-20-32(47)54-25-27-14-8-7-9-15-27/h7-12,14-19,22,35H,13,20-21,23-26H2,1-6H3,(H,42,53)(H2,43,44,52). The summed E-state index contributed by atoms with van der Waals surface area (Å²) in [6.07, 6.45) is -0.272. The van der Waals surface area contributed by atoms with E-state index in [4.69, 9.17) is 18.9 Å². The topological polar surface area (TPSA) is 199 Å². The average molecular weight is 788 g/mol. The van der Waals surface area contributed by atoms with Gasteiger partial charge in [-0.3, -0.25) is 33.8 Å². The van der Waals surface area contributed by atoms with E-state index in [-0.39, 0.29) is 43.2 Å². The lowest BCUT2D eigenvalue weighted by Gasteiger charge is -2.27. The van der Waals surface area contributed by atoms with Gasteiger partial charge in [-0.05, 0) is 83.4 Å². The summed E-state index contributed by atoms with van der Waals surface area (Å²) in [7, 11) is 0. The summed E-state index contributed by atoms with van der Waals surface area (Å²) >= 11 is 0. The molecule has 304 valence electrons. The van der Waals surface area contributed by atoms with Crippen molar-refractivity contribution in [3.8, 4) is 0 Å². The Bertz CT molecular complexity index is 1870. The molecule has 0 aliphatic carbocycles. The lowest BCUT2D eigenvalue weighted by atomic mass is 10.2. The van der Waals surface area contributed by atoms with Crippen molar-refractivity contribution in [2.24, 2.45) is 0 Å². The molecule has 0 fully saturated rings. The molecule has 57 heavy (non-hydrogen) atoms. The van der Waals surface area contributed by atoms with E-state index in [1.807, 2.05) is 30.3 Å². The quantitative estimate of drug-likeness (QED) is 0.0861. The molecule has 0 aromatic heterocycles. The monoisotopic (exact) mass is 787 g/mol. The molecule has 16 nitrogen and oxygen atoms in total. The normalized spacial score (nSPS) is 13.2. The Morgan fingerprint density at radius 2 is 1.18 bits per heavy atom. The van der Waals surface area contributed by atoms with Gasteiger partial charge in [0.05, 0.1) is 11.4 Å². The molecule has 1 aliphatic heterocycles. The number of ether oxygens (including phenoxy) is 4. The predicted octanol–water partition coefficient (Wildman–Crippen LogP) is 4.99. The number of hydrogen-bond acceptors (Lipinski definition) is 11. The second-order valence-corrected chi connectivity index (χ2v) is 15.0. The molecule has 0 saturated heterocycles. The number of urea groups is 1. The van der Waals surface area contributed by atoms with Crippen LogP contribution in [0, 0.1) is 0 Å². The fourth-order valence-corrected chi connectivity index (χ4v) is 5.50. The van der Waals surface area contributed by atoms with Gasteiger partial charge in [-0.1, -0.05) is 54.6 Å². The molecule has 1 heterocycles. The van der Waals surface area contributed by atoms with Gasteiger partial charge in [0, 0.05) is 18.7 Å². The molecule has 3 N–H and O–H groups in total. The maximum atomic E-state index is 14.1. The van der Waals surface area contributed by atoms with Crippen molar-refractivity contribution < 1.29 is 52.5 Å². The highest BCUT2D eigenvalue weighted by Gasteiger charge is 2.43. The second-order valence-electron chi connectivity index (χ2n) is 15.0. The minimum Gasteiger partial charge on any atom is -0.461 e. The van der Waals surface area contributed by atoms with Crippen LogP contribution in [0.3, 0.4) is 0 Å². The number of fused-ring (bicyclic) bond motifs is 1. The van der Waals surface area contributed by atoms with Crippen molar-refractivity contribution in [3.05, 3.63) is 90.0 Å². The summed E-state index contributed by atoms with van der Waals surface area (Å²) in [6.45, 7) is 8.96. The molecule has 3 aromatic carbocycles. The first kappa shape index (κ1) is 43.3. The maximum absolute atomic E-state index is 14.1. The van der Waals surface area contributed by atoms with Gasteiger partial charge in [-0.2, -0.15) is 0 Å². The van der Waals surface area contributed by atoms with Crippen LogP contribution in [0.1, 0.15) is 65.5 Å². The van der Waals surface area contributed by atoms with E-state index in [1.165, 1.54) is 24.3 Å². The Labute approximate surface area is 331 Å². The molecule has 16 heteroatoms. The summed E-state index contributed by atoms with van der Waals surface area (Å²) in [5.74, 6) is -3.83. The highest BCUT2D eigenvalue weighted by molar-refractivity contribution is 6.23. The van der Waals surface area contributed by atoms with Crippen molar-refractivity contribution in [2.45, 2.75) is 84.8 Å². The molecule has 3 aromatic rings. The van der Waals surface area contributed by atoms with Gasteiger partial charge in [-0.15, -0.1) is 0 Å². The highest BCUT2D eigenvalue weighted by atomic mass is 16.6. The fourth-order valence-electron chi connectivity index (χ4n) is 5.50. The van der Waals surface area contributed by atoms with Gasteiger partial charge in [0.1, 0.15) is 37.5 Å². The van der Waals surface area contributed by atoms with Crippen LogP contribution in [0.15, 0.2) is 78.9 Å². The first-order valence-corrected chi connectivity index (χ1v) is 18.3. The minimum atomic E-state index is -1.89. The Hall–Kier alpha value is -6.45. The number of anilines is 3. The van der Waals surface area contributed by atoms with E-state index < -0.39 is 72.2 Å². The number of rotatable bonds is 14. The average Bonchev–Trinajstić information content (AvgIpc) is 3.20. The number of para-hydroxylation sites is 2. The number of alkyl carbamates (subject to hydrolysis) is 1. The number of carbonyl (C=O) groups is 7. The van der Waals surface area contributed by atoms with Crippen LogP contribution in [0.2, 0.25) is 0 Å². The van der Waals surface area contributed by atoms with Gasteiger partial charge in [-0.25, -0.2) is 9.59 Å². The van der Waals surface area contributed by atoms with Gasteiger partial charge in [0.25, 0.3) is 11.8 Å². The number of amides is 5. The van der Waals surface area contributed by atoms with Crippen molar-refractivity contribution in [2.75, 3.05) is 34.8 Å². The van der Waals surface area contributed by atoms with Gasteiger partial charge in [0.15, 0.2) is 6.04 Å². The number of nitrogens with one attached hydrogen (secondary N) is 3. The zero-order valence-electron chi connectivity index (χ0n) is 32.9. The molecule has 1 aliphatic rings.